The van der Waals surface area contributed by atoms with Crippen molar-refractivity contribution in [3.05, 3.63) is 63.6 Å². The molecule has 2 aromatic carbocycles. The topological polar surface area (TPSA) is 29.5 Å². The Balaban J connectivity index is 2.09. The van der Waals surface area contributed by atoms with Crippen molar-refractivity contribution in [2.24, 2.45) is 0 Å². The van der Waals surface area contributed by atoms with Crippen molar-refractivity contribution in [1.29, 1.82) is 0 Å². The second-order valence-electron chi connectivity index (χ2n) is 5.22. The number of halogens is 1. The summed E-state index contributed by atoms with van der Waals surface area (Å²) in [7, 11) is 1.53. The second kappa shape index (κ2) is 7.56. The molecule has 116 valence electrons. The zero-order valence-electron chi connectivity index (χ0n) is 13.1. The van der Waals surface area contributed by atoms with E-state index in [1.54, 1.807) is 0 Å². The summed E-state index contributed by atoms with van der Waals surface area (Å²) in [5, 5.41) is 1.39. The van der Waals surface area contributed by atoms with E-state index in [1.165, 1.54) is 12.2 Å². The van der Waals surface area contributed by atoms with Crippen LogP contribution in [0.15, 0.2) is 46.9 Å². The average molecular weight is 362 g/mol. The van der Waals surface area contributed by atoms with E-state index >= 15 is 0 Å². The Hall–Kier alpha value is -1.65. The SMILES string of the molecule is CON(C(=O)CCc1ccc(Br)cc1)c1cccc(C)c1C. The lowest BCUT2D eigenvalue weighted by molar-refractivity contribution is -0.124. The van der Waals surface area contributed by atoms with Crippen LogP contribution in [-0.2, 0) is 16.1 Å². The van der Waals surface area contributed by atoms with Crippen LogP contribution in [0.3, 0.4) is 0 Å². The number of carbonyl (C=O) groups is 1. The van der Waals surface area contributed by atoms with E-state index in [4.69, 9.17) is 4.84 Å². The lowest BCUT2D eigenvalue weighted by Crippen LogP contribution is -2.30. The lowest BCUT2D eigenvalue weighted by atomic mass is 10.1. The summed E-state index contributed by atoms with van der Waals surface area (Å²) in [4.78, 5) is 17.8. The summed E-state index contributed by atoms with van der Waals surface area (Å²) < 4.78 is 1.04. The molecule has 0 heterocycles. The molecular formula is C18H20BrNO2. The normalized spacial score (nSPS) is 10.5. The Morgan fingerprint density at radius 2 is 1.82 bits per heavy atom. The maximum atomic E-state index is 12.5. The first-order chi connectivity index (χ1) is 10.5. The largest absolute Gasteiger partial charge is 0.272 e. The average Bonchev–Trinajstić information content (AvgIpc) is 2.51. The molecule has 0 aliphatic rings. The van der Waals surface area contributed by atoms with E-state index in [0.29, 0.717) is 12.8 Å². The van der Waals surface area contributed by atoms with Crippen LogP contribution >= 0.6 is 15.9 Å². The lowest BCUT2D eigenvalue weighted by Gasteiger charge is -2.22. The van der Waals surface area contributed by atoms with Crippen molar-refractivity contribution in [1.82, 2.24) is 0 Å². The second-order valence-corrected chi connectivity index (χ2v) is 6.13. The number of anilines is 1. The van der Waals surface area contributed by atoms with Crippen LogP contribution in [0.5, 0.6) is 0 Å². The van der Waals surface area contributed by atoms with Gasteiger partial charge in [0.1, 0.15) is 0 Å². The summed E-state index contributed by atoms with van der Waals surface area (Å²) in [5.41, 5.74) is 4.14. The number of aryl methyl sites for hydroxylation is 2. The van der Waals surface area contributed by atoms with Crippen LogP contribution in [0.1, 0.15) is 23.1 Å². The van der Waals surface area contributed by atoms with Gasteiger partial charge in [0.25, 0.3) is 5.91 Å². The number of hydrogen-bond donors (Lipinski definition) is 0. The minimum atomic E-state index is -0.0425. The third-order valence-corrected chi connectivity index (χ3v) is 4.27. The standard InChI is InChI=1S/C18H20BrNO2/c1-13-5-4-6-17(14(13)2)20(22-3)18(21)12-9-15-7-10-16(19)11-8-15/h4-8,10-11H,9,12H2,1-3H3. The number of carbonyl (C=O) groups excluding carboxylic acids is 1. The first-order valence-electron chi connectivity index (χ1n) is 7.20. The Kier molecular flexibility index (Phi) is 5.75. The smallest absolute Gasteiger partial charge is 0.251 e. The van der Waals surface area contributed by atoms with Gasteiger partial charge in [-0.05, 0) is 55.2 Å². The maximum Gasteiger partial charge on any atom is 0.251 e. The number of hydrogen-bond acceptors (Lipinski definition) is 2. The molecule has 0 aliphatic carbocycles. The molecule has 0 spiro atoms. The molecule has 0 bridgehead atoms. The number of hydroxylamine groups is 1. The molecule has 3 nitrogen and oxygen atoms in total. The van der Waals surface area contributed by atoms with E-state index in [-0.39, 0.29) is 5.91 Å². The van der Waals surface area contributed by atoms with E-state index < -0.39 is 0 Å². The minimum absolute atomic E-state index is 0.0425. The van der Waals surface area contributed by atoms with Crippen molar-refractivity contribution in [3.63, 3.8) is 0 Å². The number of benzene rings is 2. The van der Waals surface area contributed by atoms with Crippen LogP contribution in [0.4, 0.5) is 5.69 Å². The molecule has 0 saturated carbocycles. The van der Waals surface area contributed by atoms with Crippen LogP contribution in [0, 0.1) is 13.8 Å². The van der Waals surface area contributed by atoms with Gasteiger partial charge in [-0.1, -0.05) is 40.2 Å². The summed E-state index contributed by atoms with van der Waals surface area (Å²) in [6.45, 7) is 4.03. The van der Waals surface area contributed by atoms with E-state index in [1.807, 2.05) is 56.3 Å². The van der Waals surface area contributed by atoms with E-state index in [0.717, 1.165) is 26.9 Å². The van der Waals surface area contributed by atoms with Gasteiger partial charge in [-0.15, -0.1) is 0 Å². The molecule has 0 N–H and O–H groups in total. The molecule has 2 aromatic rings. The molecule has 4 heteroatoms. The predicted octanol–water partition coefficient (Wildman–Crippen LogP) is 4.59. The first-order valence-corrected chi connectivity index (χ1v) is 8.00. The fourth-order valence-electron chi connectivity index (χ4n) is 2.29. The van der Waals surface area contributed by atoms with Crippen molar-refractivity contribution in [2.45, 2.75) is 26.7 Å². The molecule has 0 aromatic heterocycles. The van der Waals surface area contributed by atoms with Gasteiger partial charge in [-0.3, -0.25) is 9.63 Å². The number of amides is 1. The summed E-state index contributed by atoms with van der Waals surface area (Å²) in [5.74, 6) is -0.0425. The Labute approximate surface area is 140 Å². The van der Waals surface area contributed by atoms with Crippen molar-refractivity contribution >= 4 is 27.5 Å². The van der Waals surface area contributed by atoms with Crippen LogP contribution in [0.2, 0.25) is 0 Å². The summed E-state index contributed by atoms with van der Waals surface area (Å²) in [6, 6.07) is 13.9. The molecule has 0 atom stereocenters. The third-order valence-electron chi connectivity index (χ3n) is 3.74. The first kappa shape index (κ1) is 16.7. The molecule has 0 unspecified atom stereocenters. The quantitative estimate of drug-likeness (QED) is 0.728. The van der Waals surface area contributed by atoms with Gasteiger partial charge in [0.15, 0.2) is 0 Å². The highest BCUT2D eigenvalue weighted by Gasteiger charge is 2.18. The van der Waals surface area contributed by atoms with E-state index in [9.17, 15) is 4.79 Å². The van der Waals surface area contributed by atoms with Crippen LogP contribution in [-0.4, -0.2) is 13.0 Å². The molecule has 2 rings (SSSR count). The molecule has 22 heavy (non-hydrogen) atoms. The molecule has 1 amide bonds. The third kappa shape index (κ3) is 3.96. The fourth-order valence-corrected chi connectivity index (χ4v) is 2.56. The monoisotopic (exact) mass is 361 g/mol. The van der Waals surface area contributed by atoms with Gasteiger partial charge in [0.05, 0.1) is 12.8 Å². The highest BCUT2D eigenvalue weighted by molar-refractivity contribution is 9.10. The molecule has 0 fully saturated rings. The van der Waals surface area contributed by atoms with Gasteiger partial charge >= 0.3 is 0 Å². The summed E-state index contributed by atoms with van der Waals surface area (Å²) >= 11 is 3.41. The minimum Gasteiger partial charge on any atom is -0.272 e. The van der Waals surface area contributed by atoms with Crippen molar-refractivity contribution < 1.29 is 9.63 Å². The van der Waals surface area contributed by atoms with Crippen molar-refractivity contribution in [3.8, 4) is 0 Å². The maximum absolute atomic E-state index is 12.5. The van der Waals surface area contributed by atoms with Gasteiger partial charge < -0.3 is 0 Å². The Bertz CT molecular complexity index is 653. The molecule has 0 saturated heterocycles. The Morgan fingerprint density at radius 1 is 1.14 bits per heavy atom. The zero-order chi connectivity index (χ0) is 16.1. The summed E-state index contributed by atoms with van der Waals surface area (Å²) in [6.07, 6.45) is 1.10. The predicted molar refractivity (Wildman–Crippen MR) is 92.9 cm³/mol. The van der Waals surface area contributed by atoms with Gasteiger partial charge in [-0.2, -0.15) is 5.06 Å². The van der Waals surface area contributed by atoms with Gasteiger partial charge in [0.2, 0.25) is 0 Å². The van der Waals surface area contributed by atoms with Gasteiger partial charge in [0, 0.05) is 10.9 Å². The van der Waals surface area contributed by atoms with Crippen LogP contribution in [0.25, 0.3) is 0 Å². The molecule has 0 radical (unpaired) electrons. The molecule has 0 aliphatic heterocycles. The van der Waals surface area contributed by atoms with Crippen molar-refractivity contribution in [2.75, 3.05) is 12.2 Å². The zero-order valence-corrected chi connectivity index (χ0v) is 14.7. The highest BCUT2D eigenvalue weighted by atomic mass is 79.9. The fraction of sp³-hybridized carbons (Fsp3) is 0.278. The number of nitrogens with zero attached hydrogens (tertiary/aromatic N) is 1. The number of rotatable bonds is 5. The van der Waals surface area contributed by atoms with Crippen LogP contribution < -0.4 is 5.06 Å². The highest BCUT2D eigenvalue weighted by Crippen LogP contribution is 2.24. The van der Waals surface area contributed by atoms with Gasteiger partial charge in [-0.25, -0.2) is 0 Å². The van der Waals surface area contributed by atoms with E-state index in [2.05, 4.69) is 15.9 Å². The Morgan fingerprint density at radius 3 is 2.45 bits per heavy atom. The molecular weight excluding hydrogens is 342 g/mol.